The summed E-state index contributed by atoms with van der Waals surface area (Å²) >= 11 is 0. The normalized spacial score (nSPS) is 14.3. The Labute approximate surface area is 106 Å². The standard InChI is InChI=1S/C14H16N2O2/c1-2-18-11-5-3-10(4-6-11)14-12-9-17-8-7-13(12)15-16-14/h3-6H,2,7-9H2,1H3,(H,15,16). The third-order valence-electron chi connectivity index (χ3n) is 3.13. The third kappa shape index (κ3) is 1.99. The molecule has 0 amide bonds. The first-order valence-electron chi connectivity index (χ1n) is 6.25. The lowest BCUT2D eigenvalue weighted by atomic mass is 10.0. The minimum absolute atomic E-state index is 0.647. The highest BCUT2D eigenvalue weighted by Gasteiger charge is 2.18. The first-order chi connectivity index (χ1) is 8.88. The summed E-state index contributed by atoms with van der Waals surface area (Å²) < 4.78 is 10.9. The summed E-state index contributed by atoms with van der Waals surface area (Å²) in [4.78, 5) is 0. The van der Waals surface area contributed by atoms with E-state index in [1.54, 1.807) is 0 Å². The molecule has 0 radical (unpaired) electrons. The maximum absolute atomic E-state index is 5.49. The molecular weight excluding hydrogens is 228 g/mol. The van der Waals surface area contributed by atoms with Crippen LogP contribution in [0.2, 0.25) is 0 Å². The molecule has 2 aromatic rings. The number of rotatable bonds is 3. The molecule has 2 heterocycles. The zero-order chi connectivity index (χ0) is 12.4. The minimum Gasteiger partial charge on any atom is -0.494 e. The van der Waals surface area contributed by atoms with E-state index in [4.69, 9.17) is 9.47 Å². The van der Waals surface area contributed by atoms with E-state index >= 15 is 0 Å². The molecule has 0 atom stereocenters. The van der Waals surface area contributed by atoms with Gasteiger partial charge >= 0.3 is 0 Å². The molecule has 0 fully saturated rings. The molecule has 4 nitrogen and oxygen atoms in total. The average Bonchev–Trinajstić information content (AvgIpc) is 2.84. The molecule has 0 saturated carbocycles. The van der Waals surface area contributed by atoms with Crippen LogP contribution in [0.15, 0.2) is 24.3 Å². The number of aromatic amines is 1. The van der Waals surface area contributed by atoms with Gasteiger partial charge in [0.15, 0.2) is 0 Å². The predicted octanol–water partition coefficient (Wildman–Crippen LogP) is 2.55. The summed E-state index contributed by atoms with van der Waals surface area (Å²) in [5.41, 5.74) is 4.48. The van der Waals surface area contributed by atoms with Gasteiger partial charge in [0.1, 0.15) is 5.75 Å². The van der Waals surface area contributed by atoms with Gasteiger partial charge < -0.3 is 9.47 Å². The van der Waals surface area contributed by atoms with Crippen LogP contribution in [-0.4, -0.2) is 23.4 Å². The molecule has 0 spiro atoms. The Bertz CT molecular complexity index is 531. The van der Waals surface area contributed by atoms with Gasteiger partial charge in [0.05, 0.1) is 25.5 Å². The van der Waals surface area contributed by atoms with Crippen molar-refractivity contribution in [3.8, 4) is 17.0 Å². The van der Waals surface area contributed by atoms with Crippen LogP contribution in [0.4, 0.5) is 0 Å². The zero-order valence-corrected chi connectivity index (χ0v) is 10.4. The van der Waals surface area contributed by atoms with Crippen molar-refractivity contribution in [3.63, 3.8) is 0 Å². The van der Waals surface area contributed by atoms with E-state index in [1.165, 1.54) is 11.3 Å². The Morgan fingerprint density at radius 3 is 2.94 bits per heavy atom. The molecule has 18 heavy (non-hydrogen) atoms. The zero-order valence-electron chi connectivity index (χ0n) is 10.4. The van der Waals surface area contributed by atoms with E-state index in [2.05, 4.69) is 10.2 Å². The quantitative estimate of drug-likeness (QED) is 0.902. The van der Waals surface area contributed by atoms with Crippen molar-refractivity contribution in [2.75, 3.05) is 13.2 Å². The highest BCUT2D eigenvalue weighted by atomic mass is 16.5. The molecule has 3 rings (SSSR count). The molecule has 1 aromatic heterocycles. The molecule has 0 unspecified atom stereocenters. The lowest BCUT2D eigenvalue weighted by Gasteiger charge is -2.12. The summed E-state index contributed by atoms with van der Waals surface area (Å²) in [5, 5.41) is 7.50. The van der Waals surface area contributed by atoms with Gasteiger partial charge in [0, 0.05) is 23.2 Å². The molecule has 1 aromatic carbocycles. The molecular formula is C14H16N2O2. The van der Waals surface area contributed by atoms with Gasteiger partial charge in [-0.25, -0.2) is 0 Å². The van der Waals surface area contributed by atoms with Gasteiger partial charge in [-0.3, -0.25) is 5.10 Å². The average molecular weight is 244 g/mol. The lowest BCUT2D eigenvalue weighted by molar-refractivity contribution is 0.110. The van der Waals surface area contributed by atoms with Crippen molar-refractivity contribution < 1.29 is 9.47 Å². The maximum atomic E-state index is 5.49. The van der Waals surface area contributed by atoms with Crippen molar-refractivity contribution >= 4 is 0 Å². The Kier molecular flexibility index (Phi) is 3.02. The molecule has 1 aliphatic heterocycles. The number of ether oxygens (including phenoxy) is 2. The summed E-state index contributed by atoms with van der Waals surface area (Å²) in [6.07, 6.45) is 0.916. The summed E-state index contributed by atoms with van der Waals surface area (Å²) in [6, 6.07) is 8.03. The molecule has 94 valence electrons. The number of hydrogen-bond acceptors (Lipinski definition) is 3. The Hall–Kier alpha value is -1.81. The molecule has 0 bridgehead atoms. The summed E-state index contributed by atoms with van der Waals surface area (Å²) in [6.45, 7) is 4.09. The van der Waals surface area contributed by atoms with Crippen LogP contribution in [0.3, 0.4) is 0 Å². The smallest absolute Gasteiger partial charge is 0.119 e. The van der Waals surface area contributed by atoms with Crippen molar-refractivity contribution in [2.45, 2.75) is 20.0 Å². The van der Waals surface area contributed by atoms with Crippen LogP contribution < -0.4 is 4.74 Å². The second-order valence-corrected chi connectivity index (χ2v) is 4.29. The second kappa shape index (κ2) is 4.82. The monoisotopic (exact) mass is 244 g/mol. The highest BCUT2D eigenvalue weighted by molar-refractivity contribution is 5.64. The first kappa shape index (κ1) is 11.3. The number of nitrogens with one attached hydrogen (secondary N) is 1. The van der Waals surface area contributed by atoms with Crippen LogP contribution in [-0.2, 0) is 17.8 Å². The SMILES string of the molecule is CCOc1ccc(-c2n[nH]c3c2COCC3)cc1. The molecule has 1 N–H and O–H groups in total. The topological polar surface area (TPSA) is 47.1 Å². The van der Waals surface area contributed by atoms with Gasteiger partial charge in [-0.2, -0.15) is 5.10 Å². The number of aromatic nitrogens is 2. The first-order valence-corrected chi connectivity index (χ1v) is 6.25. The predicted molar refractivity (Wildman–Crippen MR) is 68.6 cm³/mol. The second-order valence-electron chi connectivity index (χ2n) is 4.29. The van der Waals surface area contributed by atoms with Crippen molar-refractivity contribution in [1.82, 2.24) is 10.2 Å². The number of benzene rings is 1. The van der Waals surface area contributed by atoms with E-state index in [1.807, 2.05) is 31.2 Å². The third-order valence-corrected chi connectivity index (χ3v) is 3.13. The van der Waals surface area contributed by atoms with Crippen LogP contribution >= 0.6 is 0 Å². The van der Waals surface area contributed by atoms with Crippen molar-refractivity contribution in [1.29, 1.82) is 0 Å². The fourth-order valence-electron chi connectivity index (χ4n) is 2.23. The Morgan fingerprint density at radius 1 is 1.33 bits per heavy atom. The molecule has 1 aliphatic rings. The fourth-order valence-corrected chi connectivity index (χ4v) is 2.23. The Morgan fingerprint density at radius 2 is 2.17 bits per heavy atom. The van der Waals surface area contributed by atoms with Crippen molar-refractivity contribution in [2.24, 2.45) is 0 Å². The van der Waals surface area contributed by atoms with E-state index in [9.17, 15) is 0 Å². The van der Waals surface area contributed by atoms with Crippen molar-refractivity contribution in [3.05, 3.63) is 35.5 Å². The van der Waals surface area contributed by atoms with Crippen LogP contribution in [0, 0.1) is 0 Å². The molecule has 0 saturated heterocycles. The minimum atomic E-state index is 0.647. The number of fused-ring (bicyclic) bond motifs is 1. The number of nitrogens with zero attached hydrogens (tertiary/aromatic N) is 1. The Balaban J connectivity index is 1.92. The van der Waals surface area contributed by atoms with Gasteiger partial charge in [0.2, 0.25) is 0 Å². The van der Waals surface area contributed by atoms with E-state index in [0.717, 1.165) is 30.0 Å². The number of H-pyrrole nitrogens is 1. The van der Waals surface area contributed by atoms with E-state index in [0.29, 0.717) is 13.2 Å². The summed E-state index contributed by atoms with van der Waals surface area (Å²) in [5.74, 6) is 0.891. The van der Waals surface area contributed by atoms with Crippen LogP contribution in [0.5, 0.6) is 5.75 Å². The molecule has 0 aliphatic carbocycles. The van der Waals surface area contributed by atoms with E-state index in [-0.39, 0.29) is 0 Å². The molecule has 4 heteroatoms. The van der Waals surface area contributed by atoms with Gasteiger partial charge in [-0.05, 0) is 31.2 Å². The van der Waals surface area contributed by atoms with Crippen LogP contribution in [0.1, 0.15) is 18.2 Å². The highest BCUT2D eigenvalue weighted by Crippen LogP contribution is 2.28. The van der Waals surface area contributed by atoms with Gasteiger partial charge in [-0.15, -0.1) is 0 Å². The van der Waals surface area contributed by atoms with Gasteiger partial charge in [0.25, 0.3) is 0 Å². The van der Waals surface area contributed by atoms with E-state index < -0.39 is 0 Å². The van der Waals surface area contributed by atoms with Gasteiger partial charge in [-0.1, -0.05) is 0 Å². The number of hydrogen-bond donors (Lipinski definition) is 1. The van der Waals surface area contributed by atoms with Crippen LogP contribution in [0.25, 0.3) is 11.3 Å². The summed E-state index contributed by atoms with van der Waals surface area (Å²) in [7, 11) is 0. The largest absolute Gasteiger partial charge is 0.494 e. The lowest BCUT2D eigenvalue weighted by Crippen LogP contribution is -2.08. The maximum Gasteiger partial charge on any atom is 0.119 e. The fraction of sp³-hybridized carbons (Fsp3) is 0.357.